The summed E-state index contributed by atoms with van der Waals surface area (Å²) < 4.78 is 1.11. The molecule has 1 saturated heterocycles. The lowest BCUT2D eigenvalue weighted by atomic mass is 9.81. The summed E-state index contributed by atoms with van der Waals surface area (Å²) in [5, 5.41) is 3.25. The molecule has 2 rings (SSSR count). The quantitative estimate of drug-likeness (QED) is 0.632. The first-order valence-corrected chi connectivity index (χ1v) is 9.80. The number of carbonyl (C=O) groups excluding carboxylic acids is 1. The van der Waals surface area contributed by atoms with Gasteiger partial charge in [-0.1, -0.05) is 41.9 Å². The number of nitrogens with two attached hydrogens (primary N) is 1. The molecular formula is C19H32BrCl2N3O. The molecule has 0 bridgehead atoms. The van der Waals surface area contributed by atoms with Crippen LogP contribution in [0.15, 0.2) is 28.7 Å². The summed E-state index contributed by atoms with van der Waals surface area (Å²) in [6.07, 6.45) is 3.62. The van der Waals surface area contributed by atoms with E-state index in [1.807, 2.05) is 0 Å². The van der Waals surface area contributed by atoms with Crippen molar-refractivity contribution in [3.05, 3.63) is 34.3 Å². The van der Waals surface area contributed by atoms with E-state index in [2.05, 4.69) is 64.3 Å². The van der Waals surface area contributed by atoms with Gasteiger partial charge in [0.15, 0.2) is 0 Å². The number of rotatable bonds is 7. The van der Waals surface area contributed by atoms with E-state index in [1.54, 1.807) is 0 Å². The number of hydrogen-bond acceptors (Lipinski definition) is 3. The van der Waals surface area contributed by atoms with Crippen molar-refractivity contribution in [3.63, 3.8) is 0 Å². The maximum absolute atomic E-state index is 12.6. The van der Waals surface area contributed by atoms with Crippen molar-refractivity contribution in [2.45, 2.75) is 52.1 Å². The fraction of sp³-hybridized carbons (Fsp3) is 0.632. The molecule has 0 spiro atoms. The number of hydrogen-bond donors (Lipinski definition) is 2. The van der Waals surface area contributed by atoms with Crippen LogP contribution in [0.25, 0.3) is 0 Å². The Labute approximate surface area is 178 Å². The van der Waals surface area contributed by atoms with Crippen LogP contribution in [0.1, 0.15) is 45.1 Å². The number of amides is 1. The fourth-order valence-electron chi connectivity index (χ4n) is 3.37. The molecule has 7 heteroatoms. The molecular weight excluding hydrogens is 437 g/mol. The molecule has 150 valence electrons. The SMILES string of the molecule is CCC(CC)(CN)C(=O)NC1CCN(Cc2ccc(Br)cc2)CC1.Cl.Cl. The third-order valence-corrected chi connectivity index (χ3v) is 6.00. The smallest absolute Gasteiger partial charge is 0.227 e. The standard InChI is InChI=1S/C19H30BrN3O.2ClH/c1-3-19(4-2,14-21)18(24)22-17-9-11-23(12-10-17)13-15-5-7-16(20)8-6-15;;/h5-8,17H,3-4,9-14,21H2,1-2H3,(H,22,24);2*1H. The zero-order valence-corrected chi connectivity index (χ0v) is 18.9. The second-order valence-corrected chi connectivity index (χ2v) is 7.76. The number of nitrogens with one attached hydrogen (secondary N) is 1. The van der Waals surface area contributed by atoms with Crippen molar-refractivity contribution in [3.8, 4) is 0 Å². The first kappa shape index (κ1) is 25.7. The lowest BCUT2D eigenvalue weighted by Crippen LogP contribution is -2.51. The van der Waals surface area contributed by atoms with E-state index in [0.717, 1.165) is 49.8 Å². The molecule has 0 atom stereocenters. The van der Waals surface area contributed by atoms with E-state index in [1.165, 1.54) is 5.56 Å². The van der Waals surface area contributed by atoms with Crippen LogP contribution in [0.5, 0.6) is 0 Å². The maximum atomic E-state index is 12.6. The normalized spacial score (nSPS) is 15.7. The summed E-state index contributed by atoms with van der Waals surface area (Å²) in [5.41, 5.74) is 6.82. The summed E-state index contributed by atoms with van der Waals surface area (Å²) in [5.74, 6) is 0.140. The van der Waals surface area contributed by atoms with E-state index in [4.69, 9.17) is 5.73 Å². The minimum Gasteiger partial charge on any atom is -0.353 e. The van der Waals surface area contributed by atoms with Gasteiger partial charge in [-0.05, 0) is 43.4 Å². The third kappa shape index (κ3) is 6.68. The van der Waals surface area contributed by atoms with Crippen LogP contribution in [0.3, 0.4) is 0 Å². The summed E-state index contributed by atoms with van der Waals surface area (Å²) >= 11 is 3.47. The molecule has 26 heavy (non-hydrogen) atoms. The Morgan fingerprint density at radius 2 is 1.73 bits per heavy atom. The van der Waals surface area contributed by atoms with E-state index < -0.39 is 5.41 Å². The van der Waals surface area contributed by atoms with Gasteiger partial charge < -0.3 is 11.1 Å². The highest BCUT2D eigenvalue weighted by atomic mass is 79.9. The average Bonchev–Trinajstić information content (AvgIpc) is 2.61. The van der Waals surface area contributed by atoms with Crippen LogP contribution in [0, 0.1) is 5.41 Å². The molecule has 0 aromatic heterocycles. The zero-order valence-electron chi connectivity index (χ0n) is 15.7. The summed E-state index contributed by atoms with van der Waals surface area (Å²) in [6, 6.07) is 8.78. The van der Waals surface area contributed by atoms with Gasteiger partial charge in [-0.2, -0.15) is 0 Å². The third-order valence-electron chi connectivity index (χ3n) is 5.47. The Hall–Kier alpha value is -0.330. The minimum absolute atomic E-state index is 0. The Morgan fingerprint density at radius 3 is 2.19 bits per heavy atom. The Balaban J connectivity index is 0.00000312. The van der Waals surface area contributed by atoms with Crippen molar-refractivity contribution in [1.29, 1.82) is 0 Å². The number of likely N-dealkylation sites (tertiary alicyclic amines) is 1. The van der Waals surface area contributed by atoms with Gasteiger partial charge in [-0.3, -0.25) is 9.69 Å². The second-order valence-electron chi connectivity index (χ2n) is 6.84. The molecule has 1 aromatic carbocycles. The van der Waals surface area contributed by atoms with E-state index in [9.17, 15) is 4.79 Å². The van der Waals surface area contributed by atoms with Gasteiger partial charge in [0.2, 0.25) is 5.91 Å². The molecule has 0 radical (unpaired) electrons. The Bertz CT molecular complexity index is 522. The van der Waals surface area contributed by atoms with E-state index in [-0.39, 0.29) is 36.8 Å². The highest BCUT2D eigenvalue weighted by molar-refractivity contribution is 9.10. The molecule has 4 nitrogen and oxygen atoms in total. The van der Waals surface area contributed by atoms with Crippen molar-refractivity contribution in [2.24, 2.45) is 11.1 Å². The molecule has 0 saturated carbocycles. The molecule has 1 aliphatic rings. The van der Waals surface area contributed by atoms with Gasteiger partial charge >= 0.3 is 0 Å². The summed E-state index contributed by atoms with van der Waals surface area (Å²) in [7, 11) is 0. The highest BCUT2D eigenvalue weighted by Crippen LogP contribution is 2.26. The first-order chi connectivity index (χ1) is 11.5. The van der Waals surface area contributed by atoms with Crippen molar-refractivity contribution in [2.75, 3.05) is 19.6 Å². The first-order valence-electron chi connectivity index (χ1n) is 9.01. The lowest BCUT2D eigenvalue weighted by molar-refractivity contribution is -0.132. The molecule has 1 fully saturated rings. The summed E-state index contributed by atoms with van der Waals surface area (Å²) in [4.78, 5) is 15.1. The topological polar surface area (TPSA) is 58.4 Å². The second kappa shape index (κ2) is 12.2. The monoisotopic (exact) mass is 467 g/mol. The highest BCUT2D eigenvalue weighted by Gasteiger charge is 2.35. The predicted molar refractivity (Wildman–Crippen MR) is 117 cm³/mol. The maximum Gasteiger partial charge on any atom is 0.227 e. The van der Waals surface area contributed by atoms with Crippen molar-refractivity contribution < 1.29 is 4.79 Å². The van der Waals surface area contributed by atoms with Gasteiger partial charge in [0.05, 0.1) is 5.41 Å². The number of piperidine rings is 1. The average molecular weight is 469 g/mol. The number of carbonyl (C=O) groups is 1. The van der Waals surface area contributed by atoms with Gasteiger partial charge in [0, 0.05) is 36.7 Å². The van der Waals surface area contributed by atoms with Crippen LogP contribution in [0.2, 0.25) is 0 Å². The van der Waals surface area contributed by atoms with Gasteiger partial charge in [-0.25, -0.2) is 0 Å². The molecule has 1 aliphatic heterocycles. The van der Waals surface area contributed by atoms with Crippen LogP contribution in [-0.4, -0.2) is 36.5 Å². The van der Waals surface area contributed by atoms with Crippen LogP contribution in [-0.2, 0) is 11.3 Å². The van der Waals surface area contributed by atoms with E-state index >= 15 is 0 Å². The van der Waals surface area contributed by atoms with Gasteiger partial charge in [0.1, 0.15) is 0 Å². The van der Waals surface area contributed by atoms with E-state index in [0.29, 0.717) is 6.54 Å². The molecule has 1 amide bonds. The molecule has 3 N–H and O–H groups in total. The Morgan fingerprint density at radius 1 is 1.19 bits per heavy atom. The molecule has 0 aliphatic carbocycles. The fourth-order valence-corrected chi connectivity index (χ4v) is 3.64. The predicted octanol–water partition coefficient (Wildman–Crippen LogP) is 4.14. The number of benzene rings is 1. The summed E-state index contributed by atoms with van der Waals surface area (Å²) in [6.45, 7) is 7.55. The van der Waals surface area contributed by atoms with Crippen LogP contribution >= 0.6 is 40.7 Å². The lowest BCUT2D eigenvalue weighted by Gasteiger charge is -2.35. The molecule has 1 aromatic rings. The molecule has 1 heterocycles. The Kier molecular flexibility index (Phi) is 12.0. The van der Waals surface area contributed by atoms with Gasteiger partial charge in [0.25, 0.3) is 0 Å². The molecule has 0 unspecified atom stereocenters. The zero-order chi connectivity index (χ0) is 17.6. The largest absolute Gasteiger partial charge is 0.353 e. The van der Waals surface area contributed by atoms with Crippen LogP contribution < -0.4 is 11.1 Å². The van der Waals surface area contributed by atoms with Gasteiger partial charge in [-0.15, -0.1) is 24.8 Å². The van der Waals surface area contributed by atoms with Crippen molar-refractivity contribution in [1.82, 2.24) is 10.2 Å². The minimum atomic E-state index is -0.394. The number of halogens is 3. The van der Waals surface area contributed by atoms with Crippen molar-refractivity contribution >= 4 is 46.7 Å². The number of nitrogens with zero attached hydrogens (tertiary/aromatic N) is 1. The van der Waals surface area contributed by atoms with Crippen LogP contribution in [0.4, 0.5) is 0 Å².